The lowest BCUT2D eigenvalue weighted by atomic mass is 9.88. The molecule has 0 bridgehead atoms. The zero-order chi connectivity index (χ0) is 19.2. The largest absolute Gasteiger partial charge is 0.415 e. The Balaban J connectivity index is 1.81. The summed E-state index contributed by atoms with van der Waals surface area (Å²) in [7, 11) is -1.82. The van der Waals surface area contributed by atoms with Crippen molar-refractivity contribution in [2.45, 2.75) is 70.1 Å². The van der Waals surface area contributed by atoms with Gasteiger partial charge in [0.05, 0.1) is 23.8 Å². The summed E-state index contributed by atoms with van der Waals surface area (Å²) in [6.07, 6.45) is 3.25. The lowest BCUT2D eigenvalue weighted by Gasteiger charge is -2.39. The standard InChI is InChI=1S/C21H30N2O2Si/c1-20(2,3)26(4,5)25-14-13-23-19(24)10-12-21(23)11-9-17-16(15-22)7-6-8-18(17)21/h6-8H,9-14H2,1-5H3. The van der Waals surface area contributed by atoms with Crippen LogP contribution < -0.4 is 0 Å². The highest BCUT2D eigenvalue weighted by atomic mass is 28.4. The Hall–Kier alpha value is -1.64. The van der Waals surface area contributed by atoms with E-state index >= 15 is 0 Å². The number of carbonyl (C=O) groups excluding carboxylic acids is 1. The molecule has 140 valence electrons. The summed E-state index contributed by atoms with van der Waals surface area (Å²) >= 11 is 0. The van der Waals surface area contributed by atoms with Gasteiger partial charge in [-0.2, -0.15) is 5.26 Å². The first kappa shape index (κ1) is 19.1. The van der Waals surface area contributed by atoms with E-state index in [0.717, 1.165) is 30.4 Å². The number of benzene rings is 1. The molecule has 1 saturated heterocycles. The molecule has 1 aliphatic carbocycles. The molecule has 1 aliphatic heterocycles. The van der Waals surface area contributed by atoms with E-state index in [1.54, 1.807) is 0 Å². The second-order valence-corrected chi connectivity index (χ2v) is 13.9. The minimum absolute atomic E-state index is 0.168. The summed E-state index contributed by atoms with van der Waals surface area (Å²) in [5, 5.41) is 9.58. The number of rotatable bonds is 4. The molecule has 1 atom stereocenters. The van der Waals surface area contributed by atoms with Gasteiger partial charge in [-0.1, -0.05) is 32.9 Å². The smallest absolute Gasteiger partial charge is 0.223 e. The third kappa shape index (κ3) is 2.99. The predicted octanol–water partition coefficient (Wildman–Crippen LogP) is 4.34. The van der Waals surface area contributed by atoms with E-state index in [1.807, 2.05) is 17.0 Å². The van der Waals surface area contributed by atoms with Crippen LogP contribution in [0.5, 0.6) is 0 Å². The van der Waals surface area contributed by atoms with Gasteiger partial charge in [-0.3, -0.25) is 4.79 Å². The van der Waals surface area contributed by atoms with Crippen LogP contribution in [-0.2, 0) is 21.2 Å². The Kier molecular flexibility index (Phi) is 4.79. The Morgan fingerprint density at radius 2 is 1.96 bits per heavy atom. The highest BCUT2D eigenvalue weighted by Crippen LogP contribution is 2.49. The highest BCUT2D eigenvalue weighted by Gasteiger charge is 2.50. The molecule has 3 rings (SSSR count). The molecule has 1 unspecified atom stereocenters. The summed E-state index contributed by atoms with van der Waals surface area (Å²) < 4.78 is 6.33. The second kappa shape index (κ2) is 6.51. The molecular formula is C21H30N2O2Si. The van der Waals surface area contributed by atoms with Crippen molar-refractivity contribution in [1.82, 2.24) is 4.90 Å². The highest BCUT2D eigenvalue weighted by molar-refractivity contribution is 6.74. The Labute approximate surface area is 158 Å². The van der Waals surface area contributed by atoms with Crippen molar-refractivity contribution in [3.05, 3.63) is 34.9 Å². The Morgan fingerprint density at radius 3 is 2.62 bits per heavy atom. The van der Waals surface area contributed by atoms with Crippen LogP contribution in [0.1, 0.15) is 56.7 Å². The summed E-state index contributed by atoms with van der Waals surface area (Å²) in [5.74, 6) is 0.221. The quantitative estimate of drug-likeness (QED) is 0.741. The van der Waals surface area contributed by atoms with Crippen molar-refractivity contribution in [3.63, 3.8) is 0 Å². The average molecular weight is 371 g/mol. The number of fused-ring (bicyclic) bond motifs is 2. The van der Waals surface area contributed by atoms with Crippen LogP contribution in [0.15, 0.2) is 18.2 Å². The first-order chi connectivity index (χ1) is 12.1. The van der Waals surface area contributed by atoms with Gasteiger partial charge in [0.25, 0.3) is 0 Å². The molecule has 5 heteroatoms. The van der Waals surface area contributed by atoms with Crippen LogP contribution in [0.25, 0.3) is 0 Å². The second-order valence-electron chi connectivity index (χ2n) is 9.13. The number of amides is 1. The summed E-state index contributed by atoms with van der Waals surface area (Å²) in [4.78, 5) is 14.7. The first-order valence-corrected chi connectivity index (χ1v) is 12.5. The first-order valence-electron chi connectivity index (χ1n) is 9.59. The van der Waals surface area contributed by atoms with E-state index in [9.17, 15) is 10.1 Å². The summed E-state index contributed by atoms with van der Waals surface area (Å²) in [6, 6.07) is 8.28. The van der Waals surface area contributed by atoms with Crippen LogP contribution in [-0.4, -0.2) is 32.3 Å². The zero-order valence-corrected chi connectivity index (χ0v) is 17.7. The molecular weight excluding hydrogens is 340 g/mol. The number of nitriles is 1. The molecule has 1 heterocycles. The van der Waals surface area contributed by atoms with Gasteiger partial charge in [0, 0.05) is 13.0 Å². The molecule has 1 aromatic carbocycles. The van der Waals surface area contributed by atoms with Crippen molar-refractivity contribution in [2.24, 2.45) is 0 Å². The maximum atomic E-state index is 12.7. The summed E-state index contributed by atoms with van der Waals surface area (Å²) in [6.45, 7) is 12.4. The molecule has 2 aliphatic rings. The molecule has 0 saturated carbocycles. The van der Waals surface area contributed by atoms with Crippen molar-refractivity contribution in [2.75, 3.05) is 13.2 Å². The zero-order valence-electron chi connectivity index (χ0n) is 16.7. The maximum absolute atomic E-state index is 12.7. The Bertz CT molecular complexity index is 760. The van der Waals surface area contributed by atoms with E-state index in [1.165, 1.54) is 5.56 Å². The van der Waals surface area contributed by atoms with Crippen LogP contribution in [0.4, 0.5) is 0 Å². The number of hydrogen-bond acceptors (Lipinski definition) is 3. The molecule has 1 spiro atoms. The van der Waals surface area contributed by atoms with E-state index < -0.39 is 8.32 Å². The van der Waals surface area contributed by atoms with Gasteiger partial charge >= 0.3 is 0 Å². The molecule has 1 amide bonds. The van der Waals surface area contributed by atoms with Crippen molar-refractivity contribution < 1.29 is 9.22 Å². The lowest BCUT2D eigenvalue weighted by Crippen LogP contribution is -2.46. The van der Waals surface area contributed by atoms with Gasteiger partial charge in [0.2, 0.25) is 5.91 Å². The fraction of sp³-hybridized carbons (Fsp3) is 0.619. The molecule has 0 N–H and O–H groups in total. The molecule has 1 fully saturated rings. The molecule has 1 aromatic rings. The van der Waals surface area contributed by atoms with Gasteiger partial charge < -0.3 is 9.33 Å². The monoisotopic (exact) mass is 370 g/mol. The van der Waals surface area contributed by atoms with Crippen molar-refractivity contribution >= 4 is 14.2 Å². The minimum atomic E-state index is -1.82. The van der Waals surface area contributed by atoms with Gasteiger partial charge in [-0.25, -0.2) is 0 Å². The molecule has 0 aromatic heterocycles. The van der Waals surface area contributed by atoms with Crippen molar-refractivity contribution in [3.8, 4) is 6.07 Å². The number of nitrogens with zero attached hydrogens (tertiary/aromatic N) is 2. The third-order valence-electron chi connectivity index (χ3n) is 6.74. The van der Waals surface area contributed by atoms with E-state index in [0.29, 0.717) is 19.6 Å². The minimum Gasteiger partial charge on any atom is -0.415 e. The normalized spacial score (nSPS) is 22.8. The molecule has 4 nitrogen and oxygen atoms in total. The SMILES string of the molecule is CC(C)(C)[Si](C)(C)OCCN1C(=O)CCC12CCc1c(C#N)cccc12. The molecule has 0 radical (unpaired) electrons. The Morgan fingerprint density at radius 1 is 1.27 bits per heavy atom. The number of carbonyl (C=O) groups is 1. The van der Waals surface area contributed by atoms with Gasteiger partial charge in [0.1, 0.15) is 0 Å². The van der Waals surface area contributed by atoms with Crippen LogP contribution >= 0.6 is 0 Å². The van der Waals surface area contributed by atoms with Crippen LogP contribution in [0, 0.1) is 11.3 Å². The fourth-order valence-electron chi connectivity index (χ4n) is 4.17. The van der Waals surface area contributed by atoms with E-state index in [4.69, 9.17) is 4.43 Å². The lowest BCUT2D eigenvalue weighted by molar-refractivity contribution is -0.132. The average Bonchev–Trinajstić information content (AvgIpc) is 3.10. The van der Waals surface area contributed by atoms with Gasteiger partial charge in [0.15, 0.2) is 8.32 Å². The van der Waals surface area contributed by atoms with E-state index in [-0.39, 0.29) is 16.5 Å². The maximum Gasteiger partial charge on any atom is 0.223 e. The van der Waals surface area contributed by atoms with Gasteiger partial charge in [-0.05, 0) is 54.6 Å². The van der Waals surface area contributed by atoms with E-state index in [2.05, 4.69) is 46.0 Å². The third-order valence-corrected chi connectivity index (χ3v) is 11.3. The van der Waals surface area contributed by atoms with Crippen LogP contribution in [0.2, 0.25) is 18.1 Å². The molecule has 26 heavy (non-hydrogen) atoms. The number of hydrogen-bond donors (Lipinski definition) is 0. The van der Waals surface area contributed by atoms with Crippen molar-refractivity contribution in [1.29, 1.82) is 5.26 Å². The van der Waals surface area contributed by atoms with Gasteiger partial charge in [-0.15, -0.1) is 0 Å². The fourth-order valence-corrected chi connectivity index (χ4v) is 5.21. The predicted molar refractivity (Wildman–Crippen MR) is 105 cm³/mol. The summed E-state index contributed by atoms with van der Waals surface area (Å²) in [5.41, 5.74) is 2.86. The number of likely N-dealkylation sites (tertiary alicyclic amines) is 1. The topological polar surface area (TPSA) is 53.3 Å². The van der Waals surface area contributed by atoms with Crippen LogP contribution in [0.3, 0.4) is 0 Å².